The fourth-order valence-corrected chi connectivity index (χ4v) is 4.26. The van der Waals surface area contributed by atoms with Crippen LogP contribution in [0.2, 0.25) is 5.02 Å². The molecule has 4 heterocycles. The predicted molar refractivity (Wildman–Crippen MR) is 109 cm³/mol. The highest BCUT2D eigenvalue weighted by Gasteiger charge is 2.24. The van der Waals surface area contributed by atoms with Crippen molar-refractivity contribution in [1.82, 2.24) is 25.0 Å². The minimum Gasteiger partial charge on any atom is -0.459 e. The number of thioether (sulfide) groups is 1. The molecule has 1 saturated heterocycles. The van der Waals surface area contributed by atoms with Gasteiger partial charge in [0.05, 0.1) is 22.7 Å². The molecule has 148 valence electrons. The smallest absolute Gasteiger partial charge is 0.283 e. The monoisotopic (exact) mass is 428 g/mol. The maximum atomic E-state index is 6.49. The summed E-state index contributed by atoms with van der Waals surface area (Å²) in [6.07, 6.45) is 3.87. The number of para-hydroxylation sites is 1. The molecule has 10 heteroatoms. The molecule has 1 fully saturated rings. The number of anilines is 1. The van der Waals surface area contributed by atoms with Crippen molar-refractivity contribution in [3.8, 4) is 17.3 Å². The largest absolute Gasteiger partial charge is 0.459 e. The van der Waals surface area contributed by atoms with Crippen molar-refractivity contribution in [3.05, 3.63) is 53.6 Å². The van der Waals surface area contributed by atoms with Crippen LogP contribution < -0.4 is 4.90 Å². The van der Waals surface area contributed by atoms with Gasteiger partial charge in [0.2, 0.25) is 11.8 Å². The van der Waals surface area contributed by atoms with E-state index < -0.39 is 0 Å². The van der Waals surface area contributed by atoms with Gasteiger partial charge in [-0.05, 0) is 37.1 Å². The molecule has 0 spiro atoms. The fraction of sp³-hybridized carbons (Fsp3) is 0.263. The highest BCUT2D eigenvalue weighted by Crippen LogP contribution is 2.33. The molecule has 29 heavy (non-hydrogen) atoms. The second-order valence-electron chi connectivity index (χ2n) is 6.53. The van der Waals surface area contributed by atoms with Crippen LogP contribution in [0.5, 0.6) is 0 Å². The summed E-state index contributed by atoms with van der Waals surface area (Å²) >= 11 is 7.96. The van der Waals surface area contributed by atoms with Gasteiger partial charge < -0.3 is 13.7 Å². The molecule has 0 unspecified atom stereocenters. The fourth-order valence-electron chi connectivity index (χ4n) is 3.26. The number of hydrogen-bond donors (Lipinski definition) is 0. The van der Waals surface area contributed by atoms with Crippen molar-refractivity contribution in [2.75, 3.05) is 18.0 Å². The summed E-state index contributed by atoms with van der Waals surface area (Å²) in [5, 5.41) is 18.4. The number of hydrogen-bond acceptors (Lipinski definition) is 8. The summed E-state index contributed by atoms with van der Waals surface area (Å²) in [7, 11) is 0. The maximum Gasteiger partial charge on any atom is 0.283 e. The van der Waals surface area contributed by atoms with E-state index in [9.17, 15) is 0 Å². The van der Waals surface area contributed by atoms with Crippen LogP contribution in [0.15, 0.2) is 56.7 Å². The van der Waals surface area contributed by atoms with Gasteiger partial charge in [0.25, 0.3) is 5.89 Å². The van der Waals surface area contributed by atoms with Gasteiger partial charge in [-0.15, -0.1) is 20.4 Å². The molecule has 1 aromatic carbocycles. The summed E-state index contributed by atoms with van der Waals surface area (Å²) in [6.45, 7) is 1.92. The zero-order valence-corrected chi connectivity index (χ0v) is 16.9. The van der Waals surface area contributed by atoms with E-state index in [1.165, 1.54) is 11.8 Å². The second-order valence-corrected chi connectivity index (χ2v) is 7.88. The molecular weight excluding hydrogens is 412 g/mol. The molecule has 0 radical (unpaired) electrons. The van der Waals surface area contributed by atoms with Crippen molar-refractivity contribution in [2.45, 2.75) is 23.8 Å². The Bertz CT molecular complexity index is 1100. The lowest BCUT2D eigenvalue weighted by molar-refractivity contribution is 0.494. The van der Waals surface area contributed by atoms with Crippen molar-refractivity contribution in [3.63, 3.8) is 0 Å². The lowest BCUT2D eigenvalue weighted by atomic mass is 10.3. The summed E-state index contributed by atoms with van der Waals surface area (Å²) in [5.41, 5.74) is 0.852. The maximum absolute atomic E-state index is 6.49. The summed E-state index contributed by atoms with van der Waals surface area (Å²) in [4.78, 5) is 2.24. The average molecular weight is 429 g/mol. The van der Waals surface area contributed by atoms with E-state index in [4.69, 9.17) is 20.4 Å². The van der Waals surface area contributed by atoms with Crippen LogP contribution in [0, 0.1) is 0 Å². The van der Waals surface area contributed by atoms with E-state index in [2.05, 4.69) is 25.3 Å². The van der Waals surface area contributed by atoms with Gasteiger partial charge in [0.15, 0.2) is 10.9 Å². The van der Waals surface area contributed by atoms with Crippen molar-refractivity contribution < 1.29 is 8.83 Å². The number of benzene rings is 1. The molecule has 0 amide bonds. The van der Waals surface area contributed by atoms with E-state index in [0.29, 0.717) is 28.3 Å². The lowest BCUT2D eigenvalue weighted by Crippen LogP contribution is -2.22. The number of furan rings is 1. The standard InChI is InChI=1S/C19H17ClN6O2S/c20-13-6-1-2-7-14(13)26-18(25-9-3-4-10-25)23-24-19(26)29-12-16-21-22-17(28-16)15-8-5-11-27-15/h1-2,5-8,11H,3-4,9-10,12H2. The zero-order valence-electron chi connectivity index (χ0n) is 15.4. The van der Waals surface area contributed by atoms with E-state index in [-0.39, 0.29) is 0 Å². The number of rotatable bonds is 6. The molecular formula is C19H17ClN6O2S. The van der Waals surface area contributed by atoms with Gasteiger partial charge in [-0.2, -0.15) is 0 Å². The summed E-state index contributed by atoms with van der Waals surface area (Å²) in [5.74, 6) is 2.65. The van der Waals surface area contributed by atoms with Crippen molar-refractivity contribution in [1.29, 1.82) is 0 Å². The van der Waals surface area contributed by atoms with Gasteiger partial charge in [-0.25, -0.2) is 0 Å². The Hall–Kier alpha value is -2.78. The first-order valence-electron chi connectivity index (χ1n) is 9.24. The minimum absolute atomic E-state index is 0.357. The van der Waals surface area contributed by atoms with E-state index in [1.807, 2.05) is 28.8 Å². The Morgan fingerprint density at radius 1 is 1.00 bits per heavy atom. The Morgan fingerprint density at radius 3 is 2.66 bits per heavy atom. The van der Waals surface area contributed by atoms with Crippen LogP contribution in [0.3, 0.4) is 0 Å². The molecule has 0 aliphatic carbocycles. The number of nitrogens with zero attached hydrogens (tertiary/aromatic N) is 6. The molecule has 0 bridgehead atoms. The molecule has 3 aromatic heterocycles. The first-order valence-corrected chi connectivity index (χ1v) is 10.6. The first kappa shape index (κ1) is 18.3. The highest BCUT2D eigenvalue weighted by molar-refractivity contribution is 7.98. The van der Waals surface area contributed by atoms with E-state index in [0.717, 1.165) is 42.7 Å². The SMILES string of the molecule is Clc1ccccc1-n1c(SCc2nnc(-c3ccco3)o2)nnc1N1CCCC1. The normalized spacial score (nSPS) is 14.0. The van der Waals surface area contributed by atoms with Gasteiger partial charge in [0, 0.05) is 13.1 Å². The Labute approximate surface area is 175 Å². The van der Waals surface area contributed by atoms with Crippen LogP contribution in [-0.2, 0) is 5.75 Å². The van der Waals surface area contributed by atoms with Crippen LogP contribution in [-0.4, -0.2) is 38.1 Å². The van der Waals surface area contributed by atoms with E-state index >= 15 is 0 Å². The molecule has 8 nitrogen and oxygen atoms in total. The quantitative estimate of drug-likeness (QED) is 0.416. The van der Waals surface area contributed by atoms with Crippen LogP contribution >= 0.6 is 23.4 Å². The highest BCUT2D eigenvalue weighted by atomic mass is 35.5. The topological polar surface area (TPSA) is 86.0 Å². The Balaban J connectivity index is 1.43. The summed E-state index contributed by atoms with van der Waals surface area (Å²) < 4.78 is 13.0. The number of aromatic nitrogens is 5. The van der Waals surface area contributed by atoms with Gasteiger partial charge >= 0.3 is 0 Å². The van der Waals surface area contributed by atoms with Crippen LogP contribution in [0.25, 0.3) is 17.3 Å². The number of halogens is 1. The molecule has 0 N–H and O–H groups in total. The third-order valence-corrected chi connectivity index (χ3v) is 5.86. The second kappa shape index (κ2) is 7.92. The molecule has 1 aliphatic heterocycles. The van der Waals surface area contributed by atoms with E-state index in [1.54, 1.807) is 18.4 Å². The molecule has 5 rings (SSSR count). The molecule has 1 aliphatic rings. The average Bonchev–Trinajstić information content (AvgIpc) is 3.54. The Kier molecular flexibility index (Phi) is 4.99. The van der Waals surface area contributed by atoms with Crippen molar-refractivity contribution in [2.24, 2.45) is 0 Å². The van der Waals surface area contributed by atoms with Crippen LogP contribution in [0.1, 0.15) is 18.7 Å². The Morgan fingerprint density at radius 2 is 1.86 bits per heavy atom. The molecule has 4 aromatic rings. The zero-order chi connectivity index (χ0) is 19.6. The third kappa shape index (κ3) is 3.63. The first-order chi connectivity index (χ1) is 14.3. The van der Waals surface area contributed by atoms with Gasteiger partial charge in [-0.3, -0.25) is 4.57 Å². The summed E-state index contributed by atoms with van der Waals surface area (Å²) in [6, 6.07) is 11.3. The lowest BCUT2D eigenvalue weighted by Gasteiger charge is -2.18. The minimum atomic E-state index is 0.357. The molecule has 0 atom stereocenters. The van der Waals surface area contributed by atoms with Crippen molar-refractivity contribution >= 4 is 29.3 Å². The van der Waals surface area contributed by atoms with Crippen LogP contribution in [0.4, 0.5) is 5.95 Å². The van der Waals surface area contributed by atoms with Gasteiger partial charge in [-0.1, -0.05) is 35.5 Å². The predicted octanol–water partition coefficient (Wildman–Crippen LogP) is 4.46. The third-order valence-electron chi connectivity index (χ3n) is 4.62. The molecule has 0 saturated carbocycles. The van der Waals surface area contributed by atoms with Gasteiger partial charge in [0.1, 0.15) is 0 Å².